The van der Waals surface area contributed by atoms with Crippen molar-refractivity contribution < 1.29 is 27.1 Å². The quantitative estimate of drug-likeness (QED) is 0.160. The highest BCUT2D eigenvalue weighted by molar-refractivity contribution is 5.91. The Bertz CT molecular complexity index is 776. The summed E-state index contributed by atoms with van der Waals surface area (Å²) in [6.07, 6.45) is 0. The molecule has 2 aromatic rings. The van der Waals surface area contributed by atoms with Crippen LogP contribution in [0.3, 0.4) is 0 Å². The molecule has 0 saturated heterocycles. The predicted molar refractivity (Wildman–Crippen MR) is 70.5 cm³/mol. The van der Waals surface area contributed by atoms with E-state index in [9.17, 15) is 22.4 Å². The summed E-state index contributed by atoms with van der Waals surface area (Å²) in [6.45, 7) is 0.0458. The topological polar surface area (TPSA) is 75.1 Å². The van der Waals surface area contributed by atoms with Gasteiger partial charge in [-0.1, -0.05) is 17.2 Å². The van der Waals surface area contributed by atoms with E-state index in [0.717, 1.165) is 0 Å². The van der Waals surface area contributed by atoms with Crippen molar-refractivity contribution in [2.24, 2.45) is 5.11 Å². The first-order valence-electron chi connectivity index (χ1n) is 6.09. The molecule has 9 heteroatoms. The molecular formula is C14H7F4N3O2. The number of hydrogen-bond donors (Lipinski definition) is 0. The molecular weight excluding hydrogens is 318 g/mol. The molecule has 0 saturated carbocycles. The molecule has 23 heavy (non-hydrogen) atoms. The molecule has 0 fully saturated rings. The van der Waals surface area contributed by atoms with E-state index in [4.69, 9.17) is 5.53 Å². The molecule has 0 N–H and O–H groups in total. The number of nitrogens with zero attached hydrogens (tertiary/aromatic N) is 3. The highest BCUT2D eigenvalue weighted by Crippen LogP contribution is 2.27. The average molecular weight is 325 g/mol. The van der Waals surface area contributed by atoms with E-state index in [1.54, 1.807) is 0 Å². The standard InChI is InChI=1S/C14H7F4N3O2/c15-9-5-10(16)12(18)13(11(9)17)23-14(22)8-3-1-7(2-4-8)6-20-21-19/h1-5H,6H2. The molecule has 0 amide bonds. The van der Waals surface area contributed by atoms with E-state index in [2.05, 4.69) is 14.8 Å². The summed E-state index contributed by atoms with van der Waals surface area (Å²) in [5.74, 6) is -9.64. The Morgan fingerprint density at radius 1 is 1.09 bits per heavy atom. The molecule has 0 aromatic heterocycles. The van der Waals surface area contributed by atoms with Gasteiger partial charge in [-0.05, 0) is 23.2 Å². The first kappa shape index (κ1) is 16.3. The third-order valence-electron chi connectivity index (χ3n) is 2.77. The van der Waals surface area contributed by atoms with E-state index in [1.165, 1.54) is 24.3 Å². The van der Waals surface area contributed by atoms with Gasteiger partial charge < -0.3 is 4.74 Å². The SMILES string of the molecule is [N-]=[N+]=NCc1ccc(C(=O)Oc2c(F)c(F)cc(F)c2F)cc1. The van der Waals surface area contributed by atoms with Crippen molar-refractivity contribution in [1.29, 1.82) is 0 Å². The van der Waals surface area contributed by atoms with Crippen LogP contribution in [-0.4, -0.2) is 5.97 Å². The highest BCUT2D eigenvalue weighted by Gasteiger charge is 2.23. The van der Waals surface area contributed by atoms with Crippen molar-refractivity contribution in [2.75, 3.05) is 0 Å². The Morgan fingerprint density at radius 3 is 2.17 bits per heavy atom. The lowest BCUT2D eigenvalue weighted by molar-refractivity contribution is 0.0717. The van der Waals surface area contributed by atoms with Gasteiger partial charge in [-0.15, -0.1) is 0 Å². The van der Waals surface area contributed by atoms with Crippen molar-refractivity contribution in [1.82, 2.24) is 0 Å². The number of esters is 1. The van der Waals surface area contributed by atoms with E-state index < -0.39 is 35.0 Å². The molecule has 0 aliphatic heterocycles. The molecule has 0 heterocycles. The van der Waals surface area contributed by atoms with Crippen LogP contribution in [0.5, 0.6) is 5.75 Å². The third-order valence-corrected chi connectivity index (χ3v) is 2.77. The minimum atomic E-state index is -1.81. The van der Waals surface area contributed by atoms with E-state index in [1.807, 2.05) is 0 Å². The number of azide groups is 1. The van der Waals surface area contributed by atoms with Crippen LogP contribution in [0.1, 0.15) is 15.9 Å². The maximum Gasteiger partial charge on any atom is 0.343 e. The summed E-state index contributed by atoms with van der Waals surface area (Å²) in [5.41, 5.74) is 8.65. The number of carbonyl (C=O) groups excluding carboxylic acids is 1. The summed E-state index contributed by atoms with van der Waals surface area (Å²) >= 11 is 0. The second-order valence-corrected chi connectivity index (χ2v) is 4.27. The summed E-state index contributed by atoms with van der Waals surface area (Å²) in [4.78, 5) is 14.3. The number of ether oxygens (including phenoxy) is 1. The monoisotopic (exact) mass is 325 g/mol. The zero-order valence-electron chi connectivity index (χ0n) is 11.3. The van der Waals surface area contributed by atoms with Gasteiger partial charge in [0.15, 0.2) is 11.6 Å². The summed E-state index contributed by atoms with van der Waals surface area (Å²) in [5, 5.41) is 3.31. The molecule has 0 aliphatic carbocycles. The third kappa shape index (κ3) is 3.58. The van der Waals surface area contributed by atoms with Gasteiger partial charge in [0.25, 0.3) is 0 Å². The first-order valence-corrected chi connectivity index (χ1v) is 6.09. The molecule has 0 unspecified atom stereocenters. The van der Waals surface area contributed by atoms with Gasteiger partial charge in [0, 0.05) is 11.0 Å². The van der Waals surface area contributed by atoms with Crippen molar-refractivity contribution in [3.8, 4) is 5.75 Å². The summed E-state index contributed by atoms with van der Waals surface area (Å²) in [7, 11) is 0. The van der Waals surface area contributed by atoms with E-state index in [-0.39, 0.29) is 18.2 Å². The van der Waals surface area contributed by atoms with Crippen molar-refractivity contribution in [3.63, 3.8) is 0 Å². The molecule has 5 nitrogen and oxygen atoms in total. The van der Waals surface area contributed by atoms with Crippen LogP contribution in [-0.2, 0) is 6.54 Å². The second-order valence-electron chi connectivity index (χ2n) is 4.27. The molecule has 0 spiro atoms. The minimum absolute atomic E-state index is 0.00646. The Labute approximate surface area is 126 Å². The van der Waals surface area contributed by atoms with Crippen LogP contribution in [0.4, 0.5) is 17.6 Å². The molecule has 2 aromatic carbocycles. The van der Waals surface area contributed by atoms with Crippen molar-refractivity contribution in [2.45, 2.75) is 6.54 Å². The minimum Gasteiger partial charge on any atom is -0.416 e. The average Bonchev–Trinajstić information content (AvgIpc) is 2.55. The lowest BCUT2D eigenvalue weighted by atomic mass is 10.1. The van der Waals surface area contributed by atoms with Gasteiger partial charge in [-0.25, -0.2) is 13.6 Å². The molecule has 118 valence electrons. The Kier molecular flexibility index (Phi) is 4.82. The largest absolute Gasteiger partial charge is 0.416 e. The van der Waals surface area contributed by atoms with Crippen molar-refractivity contribution in [3.05, 3.63) is 75.2 Å². The smallest absolute Gasteiger partial charge is 0.343 e. The van der Waals surface area contributed by atoms with Crippen LogP contribution < -0.4 is 4.74 Å². The number of halogens is 4. The highest BCUT2D eigenvalue weighted by atomic mass is 19.2. The number of benzene rings is 2. The second kappa shape index (κ2) is 6.80. The molecule has 0 aliphatic rings. The van der Waals surface area contributed by atoms with Crippen LogP contribution in [0.25, 0.3) is 10.4 Å². The van der Waals surface area contributed by atoms with Crippen LogP contribution >= 0.6 is 0 Å². The normalized spacial score (nSPS) is 10.1. The molecule has 0 atom stereocenters. The first-order chi connectivity index (χ1) is 10.9. The van der Waals surface area contributed by atoms with Gasteiger partial charge in [0.05, 0.1) is 12.1 Å². The van der Waals surface area contributed by atoms with Gasteiger partial charge in [-0.2, -0.15) is 8.78 Å². The summed E-state index contributed by atoms with van der Waals surface area (Å²) < 4.78 is 57.3. The fourth-order valence-corrected chi connectivity index (χ4v) is 1.65. The lowest BCUT2D eigenvalue weighted by Gasteiger charge is -2.08. The zero-order valence-corrected chi connectivity index (χ0v) is 11.3. The zero-order chi connectivity index (χ0) is 17.0. The van der Waals surface area contributed by atoms with Gasteiger partial charge >= 0.3 is 5.97 Å². The van der Waals surface area contributed by atoms with Gasteiger partial charge in [0.1, 0.15) is 0 Å². The lowest BCUT2D eigenvalue weighted by Crippen LogP contribution is -2.12. The van der Waals surface area contributed by atoms with E-state index >= 15 is 0 Å². The van der Waals surface area contributed by atoms with E-state index in [0.29, 0.717) is 5.56 Å². The number of rotatable bonds is 4. The fraction of sp³-hybridized carbons (Fsp3) is 0.0714. The van der Waals surface area contributed by atoms with Crippen molar-refractivity contribution >= 4 is 5.97 Å². The van der Waals surface area contributed by atoms with Crippen LogP contribution in [0, 0.1) is 23.3 Å². The maximum absolute atomic E-state index is 13.4. The fourth-order valence-electron chi connectivity index (χ4n) is 1.65. The molecule has 0 bridgehead atoms. The molecule has 0 radical (unpaired) electrons. The Morgan fingerprint density at radius 2 is 1.65 bits per heavy atom. The molecule has 2 rings (SSSR count). The number of hydrogen-bond acceptors (Lipinski definition) is 3. The van der Waals surface area contributed by atoms with Crippen LogP contribution in [0.15, 0.2) is 35.4 Å². The maximum atomic E-state index is 13.4. The van der Waals surface area contributed by atoms with Gasteiger partial charge in [-0.3, -0.25) is 0 Å². The number of carbonyl (C=O) groups is 1. The van der Waals surface area contributed by atoms with Gasteiger partial charge in [0.2, 0.25) is 17.4 Å². The Balaban J connectivity index is 2.24. The predicted octanol–water partition coefficient (Wildman–Crippen LogP) is 4.27. The Hall–Kier alpha value is -3.06. The summed E-state index contributed by atoms with van der Waals surface area (Å²) in [6, 6.07) is 5.34. The van der Waals surface area contributed by atoms with Crippen LogP contribution in [0.2, 0.25) is 0 Å².